The highest BCUT2D eigenvalue weighted by atomic mass is 31.2. The number of amides is 1. The number of hydrogen-bond acceptors (Lipinski definition) is 6. The van der Waals surface area contributed by atoms with Gasteiger partial charge in [0.2, 0.25) is 5.91 Å². The predicted octanol–water partition coefficient (Wildman–Crippen LogP) is 4.26. The molecule has 0 saturated heterocycles. The molecule has 3 unspecified atom stereocenters. The first kappa shape index (κ1) is 33.7. The number of nitrogens with zero attached hydrogens (tertiary/aromatic N) is 1. The number of quaternary nitrogens is 1. The van der Waals surface area contributed by atoms with E-state index in [9.17, 15) is 19.4 Å². The zero-order valence-electron chi connectivity index (χ0n) is 22.5. The minimum Gasteiger partial charge on any atom is -0.756 e. The van der Waals surface area contributed by atoms with E-state index in [2.05, 4.69) is 36.5 Å². The summed E-state index contributed by atoms with van der Waals surface area (Å²) in [6, 6.07) is -0.898. The normalized spacial score (nSPS) is 16.2. The van der Waals surface area contributed by atoms with Crippen molar-refractivity contribution >= 4 is 13.7 Å². The summed E-state index contributed by atoms with van der Waals surface area (Å²) in [5, 5.41) is 13.3. The van der Waals surface area contributed by atoms with Gasteiger partial charge in [-0.2, -0.15) is 0 Å². The third kappa shape index (κ3) is 21.7. The third-order valence-corrected chi connectivity index (χ3v) is 6.03. The van der Waals surface area contributed by atoms with Gasteiger partial charge in [0.1, 0.15) is 13.2 Å². The molecule has 0 fully saturated rings. The van der Waals surface area contributed by atoms with Gasteiger partial charge in [-0.25, -0.2) is 0 Å². The Morgan fingerprint density at radius 2 is 1.54 bits per heavy atom. The summed E-state index contributed by atoms with van der Waals surface area (Å²) in [6.45, 7) is 4.21. The largest absolute Gasteiger partial charge is 0.756 e. The Kier molecular flexibility index (Phi) is 19.1. The second-order valence-electron chi connectivity index (χ2n) is 9.67. The van der Waals surface area contributed by atoms with E-state index in [1.54, 1.807) is 6.08 Å². The van der Waals surface area contributed by atoms with Crippen molar-refractivity contribution in [3.8, 4) is 0 Å². The SMILES string of the molecule is CCC/C=C/CC/C=C/CC/C=C/C(O)C(COP(=O)([O-])OCC[N+](C)(C)C)NC(=O)CCCC. The van der Waals surface area contributed by atoms with E-state index in [1.807, 2.05) is 34.1 Å². The van der Waals surface area contributed by atoms with Crippen molar-refractivity contribution in [2.45, 2.75) is 83.8 Å². The molecule has 0 spiro atoms. The molecular formula is C26H49N2O6P. The molecule has 0 aliphatic heterocycles. The van der Waals surface area contributed by atoms with Gasteiger partial charge in [0.15, 0.2) is 0 Å². The Hall–Kier alpha value is -1.28. The van der Waals surface area contributed by atoms with Gasteiger partial charge in [0.05, 0.1) is 39.9 Å². The topological polar surface area (TPSA) is 108 Å². The Morgan fingerprint density at radius 1 is 0.971 bits per heavy atom. The lowest BCUT2D eigenvalue weighted by Gasteiger charge is -2.29. The molecule has 0 aromatic heterocycles. The van der Waals surface area contributed by atoms with Crippen LogP contribution in [-0.2, 0) is 18.4 Å². The van der Waals surface area contributed by atoms with Crippen LogP contribution in [0.2, 0.25) is 0 Å². The Bertz CT molecular complexity index is 688. The van der Waals surface area contributed by atoms with Gasteiger partial charge in [-0.05, 0) is 38.5 Å². The molecule has 0 radical (unpaired) electrons. The van der Waals surface area contributed by atoms with Crippen LogP contribution in [0.25, 0.3) is 0 Å². The summed E-state index contributed by atoms with van der Waals surface area (Å²) < 4.78 is 22.6. The maximum absolute atomic E-state index is 12.2. The van der Waals surface area contributed by atoms with Crippen LogP contribution in [0.5, 0.6) is 0 Å². The fourth-order valence-electron chi connectivity index (χ4n) is 2.87. The number of phosphoric acid groups is 1. The predicted molar refractivity (Wildman–Crippen MR) is 141 cm³/mol. The lowest BCUT2D eigenvalue weighted by molar-refractivity contribution is -0.870. The number of likely N-dealkylation sites (N-methyl/N-ethyl adjacent to an activating group) is 1. The van der Waals surface area contributed by atoms with E-state index in [-0.39, 0.29) is 12.5 Å². The molecule has 0 rings (SSSR count). The molecule has 0 bridgehead atoms. The van der Waals surface area contributed by atoms with Gasteiger partial charge < -0.3 is 28.8 Å². The molecule has 3 atom stereocenters. The van der Waals surface area contributed by atoms with Crippen LogP contribution in [0.3, 0.4) is 0 Å². The van der Waals surface area contributed by atoms with E-state index < -0.39 is 26.6 Å². The summed E-state index contributed by atoms with van der Waals surface area (Å²) in [7, 11) is 1.21. The summed E-state index contributed by atoms with van der Waals surface area (Å²) in [5.41, 5.74) is 0. The van der Waals surface area contributed by atoms with E-state index >= 15 is 0 Å². The number of aliphatic hydroxyl groups excluding tert-OH is 1. The van der Waals surface area contributed by atoms with Crippen LogP contribution in [-0.4, -0.2) is 68.5 Å². The molecule has 9 heteroatoms. The second kappa shape index (κ2) is 19.9. The molecule has 2 N–H and O–H groups in total. The van der Waals surface area contributed by atoms with E-state index in [4.69, 9.17) is 9.05 Å². The number of nitrogens with one attached hydrogen (secondary N) is 1. The lowest BCUT2D eigenvalue weighted by Crippen LogP contribution is -2.45. The van der Waals surface area contributed by atoms with Gasteiger partial charge >= 0.3 is 0 Å². The van der Waals surface area contributed by atoms with Gasteiger partial charge in [-0.15, -0.1) is 0 Å². The van der Waals surface area contributed by atoms with Crippen LogP contribution in [0.1, 0.15) is 71.6 Å². The van der Waals surface area contributed by atoms with Crippen molar-refractivity contribution in [3.05, 3.63) is 36.5 Å². The molecule has 0 aromatic rings. The Balaban J connectivity index is 4.69. The molecule has 0 aliphatic carbocycles. The number of carbonyl (C=O) groups excluding carboxylic acids is 1. The zero-order chi connectivity index (χ0) is 26.6. The van der Waals surface area contributed by atoms with Crippen molar-refractivity contribution in [1.29, 1.82) is 0 Å². The third-order valence-electron chi connectivity index (χ3n) is 5.06. The number of carbonyl (C=O) groups is 1. The van der Waals surface area contributed by atoms with Crippen molar-refractivity contribution in [3.63, 3.8) is 0 Å². The van der Waals surface area contributed by atoms with Crippen LogP contribution in [0.15, 0.2) is 36.5 Å². The highest BCUT2D eigenvalue weighted by Crippen LogP contribution is 2.38. The summed E-state index contributed by atoms with van der Waals surface area (Å²) in [5.74, 6) is -0.254. The van der Waals surface area contributed by atoms with Crippen LogP contribution < -0.4 is 10.2 Å². The van der Waals surface area contributed by atoms with Crippen molar-refractivity contribution in [2.24, 2.45) is 0 Å². The second-order valence-corrected chi connectivity index (χ2v) is 11.1. The maximum Gasteiger partial charge on any atom is 0.268 e. The Labute approximate surface area is 213 Å². The number of aliphatic hydroxyl groups is 1. The smallest absolute Gasteiger partial charge is 0.268 e. The van der Waals surface area contributed by atoms with E-state index in [0.717, 1.165) is 38.5 Å². The van der Waals surface area contributed by atoms with Crippen molar-refractivity contribution in [1.82, 2.24) is 5.32 Å². The summed E-state index contributed by atoms with van der Waals surface area (Å²) in [6.07, 6.45) is 18.7. The highest BCUT2D eigenvalue weighted by molar-refractivity contribution is 7.45. The zero-order valence-corrected chi connectivity index (χ0v) is 23.4. The fourth-order valence-corrected chi connectivity index (χ4v) is 3.59. The maximum atomic E-state index is 12.2. The molecule has 204 valence electrons. The molecular weight excluding hydrogens is 467 g/mol. The molecule has 0 heterocycles. The van der Waals surface area contributed by atoms with Gasteiger partial charge in [-0.3, -0.25) is 9.36 Å². The number of allylic oxidation sites excluding steroid dienone is 5. The average molecular weight is 517 g/mol. The molecule has 8 nitrogen and oxygen atoms in total. The molecule has 0 aliphatic rings. The monoisotopic (exact) mass is 516 g/mol. The van der Waals surface area contributed by atoms with Gasteiger partial charge in [0.25, 0.3) is 7.82 Å². The number of unbranched alkanes of at least 4 members (excludes halogenated alkanes) is 4. The van der Waals surface area contributed by atoms with Crippen molar-refractivity contribution in [2.75, 3.05) is 40.9 Å². The standard InChI is InChI=1S/C26H49N2O6P/c1-6-8-10-11-12-13-14-15-16-17-18-19-25(29)24(27-26(30)20-9-7-2)23-34-35(31,32)33-22-21-28(3,4)5/h10-11,14-15,18-19,24-25,29H,6-9,12-13,16-17,20-23H2,1-5H3,(H-,27,30,31,32)/b11-10+,15-14+,19-18+. The number of phosphoric ester groups is 1. The number of rotatable bonds is 21. The first-order valence-electron chi connectivity index (χ1n) is 12.9. The lowest BCUT2D eigenvalue weighted by atomic mass is 10.1. The summed E-state index contributed by atoms with van der Waals surface area (Å²) in [4.78, 5) is 24.3. The minimum atomic E-state index is -4.55. The van der Waals surface area contributed by atoms with E-state index in [1.165, 1.54) is 6.42 Å². The highest BCUT2D eigenvalue weighted by Gasteiger charge is 2.22. The molecule has 0 saturated carbocycles. The average Bonchev–Trinajstić information content (AvgIpc) is 2.77. The quantitative estimate of drug-likeness (QED) is 0.102. The van der Waals surface area contributed by atoms with Gasteiger partial charge in [-0.1, -0.05) is 63.1 Å². The summed E-state index contributed by atoms with van der Waals surface area (Å²) >= 11 is 0. The van der Waals surface area contributed by atoms with Crippen LogP contribution in [0.4, 0.5) is 0 Å². The van der Waals surface area contributed by atoms with Crippen LogP contribution in [0, 0.1) is 0 Å². The molecule has 0 aromatic carbocycles. The van der Waals surface area contributed by atoms with E-state index in [0.29, 0.717) is 23.9 Å². The first-order valence-corrected chi connectivity index (χ1v) is 14.3. The first-order chi connectivity index (χ1) is 16.5. The minimum absolute atomic E-state index is 0.0111. The molecule has 35 heavy (non-hydrogen) atoms. The van der Waals surface area contributed by atoms with Gasteiger partial charge in [0, 0.05) is 6.42 Å². The number of hydrogen-bond donors (Lipinski definition) is 2. The van der Waals surface area contributed by atoms with Crippen LogP contribution >= 0.6 is 7.82 Å². The Morgan fingerprint density at radius 3 is 2.09 bits per heavy atom. The molecule has 1 amide bonds. The van der Waals surface area contributed by atoms with Crippen molar-refractivity contribution < 1.29 is 32.9 Å². The fraction of sp³-hybridized carbons (Fsp3) is 0.731.